The lowest BCUT2D eigenvalue weighted by molar-refractivity contribution is 0.101. The number of ether oxygens (including phenoxy) is 1. The summed E-state index contributed by atoms with van der Waals surface area (Å²) in [6.45, 7) is 4.43. The predicted molar refractivity (Wildman–Crippen MR) is 100 cm³/mol. The normalized spacial score (nSPS) is 19.6. The van der Waals surface area contributed by atoms with Gasteiger partial charge in [-0.2, -0.15) is 0 Å². The number of allylic oxidation sites excluding steroid dienone is 1. The monoisotopic (exact) mass is 350 g/mol. The second kappa shape index (κ2) is 6.94. The molecule has 2 heterocycles. The fourth-order valence-electron chi connectivity index (χ4n) is 3.38. The Morgan fingerprint density at radius 3 is 2.54 bits per heavy atom. The van der Waals surface area contributed by atoms with Crippen LogP contribution in [-0.2, 0) is 6.54 Å². The summed E-state index contributed by atoms with van der Waals surface area (Å²) < 4.78 is 5.91. The second-order valence-electron chi connectivity index (χ2n) is 6.87. The predicted octanol–water partition coefficient (Wildman–Crippen LogP) is 2.76. The molecule has 2 aromatic rings. The van der Waals surface area contributed by atoms with Crippen LogP contribution in [-0.4, -0.2) is 53.9 Å². The molecule has 0 spiro atoms. The summed E-state index contributed by atoms with van der Waals surface area (Å²) in [4.78, 5) is 17.3. The van der Waals surface area contributed by atoms with E-state index >= 15 is 0 Å². The molecule has 0 saturated carbocycles. The summed E-state index contributed by atoms with van der Waals surface area (Å²) in [5.74, 6) is 0.840. The number of carbonyl (C=O) groups excluding carboxylic acids is 1. The van der Waals surface area contributed by atoms with Gasteiger partial charge in [-0.1, -0.05) is 30.3 Å². The van der Waals surface area contributed by atoms with E-state index in [0.29, 0.717) is 29.2 Å². The Labute approximate surface area is 153 Å². The molecule has 0 unspecified atom stereocenters. The van der Waals surface area contributed by atoms with Crippen molar-refractivity contribution in [3.05, 3.63) is 64.9 Å². The Hall–Kier alpha value is -2.63. The van der Waals surface area contributed by atoms with Gasteiger partial charge in [-0.3, -0.25) is 9.69 Å². The van der Waals surface area contributed by atoms with Crippen molar-refractivity contribution in [2.75, 3.05) is 33.2 Å². The van der Waals surface area contributed by atoms with Crippen molar-refractivity contribution in [2.45, 2.75) is 6.54 Å². The molecular weight excluding hydrogens is 328 g/mol. The molecule has 0 amide bonds. The van der Waals surface area contributed by atoms with Crippen molar-refractivity contribution in [2.24, 2.45) is 0 Å². The van der Waals surface area contributed by atoms with Gasteiger partial charge in [0.15, 0.2) is 5.76 Å². The van der Waals surface area contributed by atoms with Crippen molar-refractivity contribution < 1.29 is 14.6 Å². The third-order valence-electron chi connectivity index (χ3n) is 4.99. The molecule has 1 saturated heterocycles. The van der Waals surface area contributed by atoms with Crippen molar-refractivity contribution >= 4 is 11.9 Å². The molecule has 5 nitrogen and oxygen atoms in total. The van der Waals surface area contributed by atoms with E-state index in [1.807, 2.05) is 30.3 Å². The molecular formula is C21H22N2O3. The van der Waals surface area contributed by atoms with Crippen LogP contribution in [0.2, 0.25) is 0 Å². The molecule has 0 radical (unpaired) electrons. The third-order valence-corrected chi connectivity index (χ3v) is 4.99. The SMILES string of the molecule is CN1CCN(Cc2c(O)ccc3c2O/C(=C\c2ccccc2)C3=O)CC1. The van der Waals surface area contributed by atoms with Gasteiger partial charge in [0.2, 0.25) is 5.78 Å². The summed E-state index contributed by atoms with van der Waals surface area (Å²) >= 11 is 0. The molecule has 0 bridgehead atoms. The number of carbonyl (C=O) groups is 1. The van der Waals surface area contributed by atoms with Crippen LogP contribution in [0.25, 0.3) is 6.08 Å². The Balaban J connectivity index is 1.62. The van der Waals surface area contributed by atoms with E-state index in [-0.39, 0.29) is 11.5 Å². The van der Waals surface area contributed by atoms with Gasteiger partial charge in [-0.25, -0.2) is 0 Å². The standard InChI is InChI=1S/C21H22N2O3/c1-22-9-11-23(12-10-22)14-17-18(24)8-7-16-20(25)19(26-21(16)17)13-15-5-3-2-4-6-15/h2-8,13,24H,9-12,14H2,1H3/b19-13-. The lowest BCUT2D eigenvalue weighted by atomic mass is 10.0. The number of aromatic hydroxyl groups is 1. The summed E-state index contributed by atoms with van der Waals surface area (Å²) in [5, 5.41) is 10.4. The highest BCUT2D eigenvalue weighted by Gasteiger charge is 2.32. The van der Waals surface area contributed by atoms with Gasteiger partial charge < -0.3 is 14.7 Å². The number of rotatable bonds is 3. The van der Waals surface area contributed by atoms with Crippen LogP contribution >= 0.6 is 0 Å². The zero-order chi connectivity index (χ0) is 18.1. The highest BCUT2D eigenvalue weighted by molar-refractivity contribution is 6.15. The number of benzene rings is 2. The molecule has 134 valence electrons. The first kappa shape index (κ1) is 16.8. The van der Waals surface area contributed by atoms with Crippen LogP contribution in [0.15, 0.2) is 48.2 Å². The number of fused-ring (bicyclic) bond motifs is 1. The minimum atomic E-state index is -0.136. The van der Waals surface area contributed by atoms with E-state index < -0.39 is 0 Å². The second-order valence-corrected chi connectivity index (χ2v) is 6.87. The number of piperazine rings is 1. The third kappa shape index (κ3) is 3.23. The van der Waals surface area contributed by atoms with E-state index in [2.05, 4.69) is 16.8 Å². The highest BCUT2D eigenvalue weighted by atomic mass is 16.5. The lowest BCUT2D eigenvalue weighted by Crippen LogP contribution is -2.43. The maximum atomic E-state index is 12.7. The van der Waals surface area contributed by atoms with Gasteiger partial charge in [-0.15, -0.1) is 0 Å². The van der Waals surface area contributed by atoms with Crippen molar-refractivity contribution in [1.29, 1.82) is 0 Å². The Kier molecular flexibility index (Phi) is 4.49. The number of hydrogen-bond donors (Lipinski definition) is 1. The van der Waals surface area contributed by atoms with Crippen LogP contribution in [0, 0.1) is 0 Å². The summed E-state index contributed by atoms with van der Waals surface area (Å²) in [6, 6.07) is 12.9. The maximum Gasteiger partial charge on any atom is 0.231 e. The molecule has 0 aromatic heterocycles. The van der Waals surface area contributed by atoms with E-state index in [9.17, 15) is 9.90 Å². The number of Topliss-reactive ketones (excluding diaryl/α,β-unsaturated/α-hetero) is 1. The largest absolute Gasteiger partial charge is 0.507 e. The minimum absolute atomic E-state index is 0.136. The van der Waals surface area contributed by atoms with E-state index in [1.165, 1.54) is 0 Å². The van der Waals surface area contributed by atoms with Crippen LogP contribution < -0.4 is 4.74 Å². The average Bonchev–Trinajstić information content (AvgIpc) is 2.96. The van der Waals surface area contributed by atoms with Crippen LogP contribution in [0.4, 0.5) is 0 Å². The molecule has 4 rings (SSSR count). The number of likely N-dealkylation sites (N-methyl/N-ethyl adjacent to an activating group) is 1. The van der Waals surface area contributed by atoms with E-state index in [0.717, 1.165) is 31.7 Å². The van der Waals surface area contributed by atoms with Gasteiger partial charge in [0.05, 0.1) is 11.1 Å². The zero-order valence-corrected chi connectivity index (χ0v) is 14.8. The maximum absolute atomic E-state index is 12.7. The number of phenolic OH excluding ortho intramolecular Hbond substituents is 1. The van der Waals surface area contributed by atoms with E-state index in [4.69, 9.17) is 4.74 Å². The number of hydrogen-bond acceptors (Lipinski definition) is 5. The van der Waals surface area contributed by atoms with Crippen molar-refractivity contribution in [1.82, 2.24) is 9.80 Å². The minimum Gasteiger partial charge on any atom is -0.507 e. The van der Waals surface area contributed by atoms with Crippen molar-refractivity contribution in [3.63, 3.8) is 0 Å². The summed E-state index contributed by atoms with van der Waals surface area (Å²) in [5.41, 5.74) is 2.12. The van der Waals surface area contributed by atoms with Gasteiger partial charge in [-0.05, 0) is 30.8 Å². The fraction of sp³-hybridized carbons (Fsp3) is 0.286. The van der Waals surface area contributed by atoms with Gasteiger partial charge in [0.1, 0.15) is 11.5 Å². The number of nitrogens with zero attached hydrogens (tertiary/aromatic N) is 2. The molecule has 0 atom stereocenters. The fourth-order valence-corrected chi connectivity index (χ4v) is 3.38. The lowest BCUT2D eigenvalue weighted by Gasteiger charge is -2.32. The van der Waals surface area contributed by atoms with Crippen LogP contribution in [0.5, 0.6) is 11.5 Å². The smallest absolute Gasteiger partial charge is 0.231 e. The van der Waals surface area contributed by atoms with Crippen molar-refractivity contribution in [3.8, 4) is 11.5 Å². The molecule has 1 fully saturated rings. The van der Waals surface area contributed by atoms with Gasteiger partial charge >= 0.3 is 0 Å². The Bertz CT molecular complexity index is 853. The molecule has 26 heavy (non-hydrogen) atoms. The van der Waals surface area contributed by atoms with E-state index in [1.54, 1.807) is 18.2 Å². The number of ketones is 1. The molecule has 0 aliphatic carbocycles. The molecule has 5 heteroatoms. The van der Waals surface area contributed by atoms with Gasteiger partial charge in [0, 0.05) is 32.7 Å². The van der Waals surface area contributed by atoms with Gasteiger partial charge in [0.25, 0.3) is 0 Å². The molecule has 2 aliphatic rings. The first-order valence-corrected chi connectivity index (χ1v) is 8.87. The summed E-state index contributed by atoms with van der Waals surface area (Å²) in [6.07, 6.45) is 1.75. The summed E-state index contributed by atoms with van der Waals surface area (Å²) in [7, 11) is 2.11. The molecule has 2 aliphatic heterocycles. The Morgan fingerprint density at radius 1 is 1.08 bits per heavy atom. The zero-order valence-electron chi connectivity index (χ0n) is 14.8. The van der Waals surface area contributed by atoms with Crippen LogP contribution in [0.1, 0.15) is 21.5 Å². The molecule has 1 N–H and O–H groups in total. The average molecular weight is 350 g/mol. The Morgan fingerprint density at radius 2 is 1.81 bits per heavy atom. The first-order valence-electron chi connectivity index (χ1n) is 8.87. The van der Waals surface area contributed by atoms with Crippen LogP contribution in [0.3, 0.4) is 0 Å². The first-order chi connectivity index (χ1) is 12.6. The molecule has 2 aromatic carbocycles. The quantitative estimate of drug-likeness (QED) is 0.863. The highest BCUT2D eigenvalue weighted by Crippen LogP contribution is 2.40. The topological polar surface area (TPSA) is 53.0 Å². The number of phenols is 1.